The van der Waals surface area contributed by atoms with Crippen LogP contribution < -0.4 is 33.2 Å². The van der Waals surface area contributed by atoms with Crippen molar-refractivity contribution >= 4 is 53.3 Å². The topological polar surface area (TPSA) is 333 Å². The van der Waals surface area contributed by atoms with E-state index in [-0.39, 0.29) is 37.2 Å². The third kappa shape index (κ3) is 13.7. The second kappa shape index (κ2) is 22.8. The molecule has 21 nitrogen and oxygen atoms in total. The number of nitrogens with one attached hydrogen (secondary N) is 3. The molecule has 0 aliphatic carbocycles. The number of aliphatic hydroxyl groups excluding tert-OH is 1. The van der Waals surface area contributed by atoms with E-state index < -0.39 is 85.0 Å². The van der Waals surface area contributed by atoms with Crippen molar-refractivity contribution in [2.45, 2.75) is 101 Å². The molecule has 6 amide bonds. The van der Waals surface area contributed by atoms with Crippen LogP contribution in [-0.4, -0.2) is 159 Å². The summed E-state index contributed by atoms with van der Waals surface area (Å²) in [5.41, 5.74) is 17.5. The van der Waals surface area contributed by atoms with Crippen molar-refractivity contribution in [2.75, 3.05) is 39.3 Å². The van der Waals surface area contributed by atoms with Gasteiger partial charge >= 0.3 is 5.97 Å². The van der Waals surface area contributed by atoms with Gasteiger partial charge in [0.25, 0.3) is 5.97 Å². The summed E-state index contributed by atoms with van der Waals surface area (Å²) >= 11 is 0. The zero-order chi connectivity index (χ0) is 42.9. The monoisotopic (exact) mass is 816 g/mol. The van der Waals surface area contributed by atoms with Gasteiger partial charge in [0.05, 0.1) is 19.2 Å². The van der Waals surface area contributed by atoms with E-state index in [2.05, 4.69) is 20.9 Å². The Morgan fingerprint density at radius 1 is 0.810 bits per heavy atom. The zero-order valence-corrected chi connectivity index (χ0v) is 32.6. The molecule has 58 heavy (non-hydrogen) atoms. The van der Waals surface area contributed by atoms with E-state index >= 15 is 0 Å². The Kier molecular flexibility index (Phi) is 18.3. The van der Waals surface area contributed by atoms with Crippen molar-refractivity contribution < 1.29 is 53.7 Å². The van der Waals surface area contributed by atoms with Gasteiger partial charge < -0.3 is 63.2 Å². The number of carboxylic acids is 2. The standard InChI is InChI=1S/C35H52N10O9.C2H4O2/c36-22(10-4-14-39-35(37)38)31(50)44-16-6-12-26(44)33(52)43-15-5-11-25(43)30(49)40-19-28(47)41-23(18-21-8-2-1-3-9-21)29(48)42-24(20-46)32(51)45-17-7-13-27(45)34(53)54;1-2(3)4/h1-3,8-9,22-27,46H,4-7,10-20,36H2,(H,40,49)(H,41,47)(H,42,48)(H,53,54)(H4,37,38,39);1H3,(H,3,4)/t22-,23+,24+,25-,26+,27-;/m1./s1. The van der Waals surface area contributed by atoms with Gasteiger partial charge in [-0.3, -0.25) is 38.6 Å². The predicted molar refractivity (Wildman–Crippen MR) is 207 cm³/mol. The van der Waals surface area contributed by atoms with Crippen LogP contribution in [0.4, 0.5) is 0 Å². The lowest BCUT2D eigenvalue weighted by molar-refractivity contribution is -0.150. The number of nitrogens with two attached hydrogens (primary N) is 3. The smallest absolute Gasteiger partial charge is 0.326 e. The quantitative estimate of drug-likeness (QED) is 0.0426. The fraction of sp³-hybridized carbons (Fsp3) is 0.595. The van der Waals surface area contributed by atoms with Gasteiger partial charge in [-0.25, -0.2) is 4.79 Å². The molecule has 4 rings (SSSR count). The first-order chi connectivity index (χ1) is 27.5. The number of aliphatic imine (C=N–C) groups is 1. The molecule has 320 valence electrons. The summed E-state index contributed by atoms with van der Waals surface area (Å²) in [6.07, 6.45) is 3.41. The molecule has 3 fully saturated rings. The van der Waals surface area contributed by atoms with Crippen LogP contribution >= 0.6 is 0 Å². The minimum absolute atomic E-state index is 0.00159. The fourth-order valence-corrected chi connectivity index (χ4v) is 7.17. The van der Waals surface area contributed by atoms with E-state index in [4.69, 9.17) is 27.1 Å². The molecule has 3 saturated heterocycles. The van der Waals surface area contributed by atoms with Crippen LogP contribution in [-0.2, 0) is 44.8 Å². The highest BCUT2D eigenvalue weighted by molar-refractivity contribution is 5.96. The van der Waals surface area contributed by atoms with Crippen molar-refractivity contribution in [1.82, 2.24) is 30.7 Å². The summed E-state index contributed by atoms with van der Waals surface area (Å²) in [5, 5.41) is 34.5. The van der Waals surface area contributed by atoms with Crippen LogP contribution in [0.1, 0.15) is 63.9 Å². The Morgan fingerprint density at radius 3 is 1.97 bits per heavy atom. The number of hydrogen-bond donors (Lipinski definition) is 9. The number of likely N-dealkylation sites (tertiary alicyclic amines) is 3. The SMILES string of the molecule is CC(=O)O.NC(N)=NCCC[C@@H](N)C(=O)N1CCC[C@H]1C(=O)N1CCC[C@@H]1C(=O)NCC(=O)N[C@@H](Cc1ccccc1)C(=O)N[C@@H](CO)C(=O)N1CCC[C@@H]1C(=O)O. The first-order valence-corrected chi connectivity index (χ1v) is 19.2. The average molecular weight is 817 g/mol. The zero-order valence-electron chi connectivity index (χ0n) is 32.6. The van der Waals surface area contributed by atoms with Crippen LogP contribution in [0.5, 0.6) is 0 Å². The van der Waals surface area contributed by atoms with Gasteiger partial charge in [-0.1, -0.05) is 30.3 Å². The number of guanidine groups is 1. The number of amides is 6. The lowest BCUT2D eigenvalue weighted by atomic mass is 10.0. The Balaban J connectivity index is 0.00000215. The number of carbonyl (C=O) groups excluding carboxylic acids is 6. The molecule has 3 aliphatic rings. The highest BCUT2D eigenvalue weighted by Gasteiger charge is 2.43. The van der Waals surface area contributed by atoms with Crippen molar-refractivity contribution in [3.63, 3.8) is 0 Å². The number of carbonyl (C=O) groups is 8. The highest BCUT2D eigenvalue weighted by atomic mass is 16.4. The van der Waals surface area contributed by atoms with E-state index in [1.807, 2.05) is 0 Å². The van der Waals surface area contributed by atoms with Crippen LogP contribution in [0.25, 0.3) is 0 Å². The Bertz CT molecular complexity index is 1650. The maximum Gasteiger partial charge on any atom is 0.326 e. The normalized spacial score (nSPS) is 20.1. The van der Waals surface area contributed by atoms with Crippen molar-refractivity contribution in [3.05, 3.63) is 35.9 Å². The van der Waals surface area contributed by atoms with E-state index in [0.717, 1.165) is 11.8 Å². The van der Waals surface area contributed by atoms with E-state index in [1.165, 1.54) is 9.80 Å². The van der Waals surface area contributed by atoms with Crippen LogP contribution in [0, 0.1) is 0 Å². The third-order valence-electron chi connectivity index (χ3n) is 9.92. The van der Waals surface area contributed by atoms with Crippen molar-refractivity contribution in [1.29, 1.82) is 0 Å². The number of aliphatic hydroxyl groups is 1. The Hall–Kier alpha value is -5.83. The first kappa shape index (κ1) is 46.6. The molecule has 21 heteroatoms. The molecule has 0 spiro atoms. The molecule has 1 aromatic carbocycles. The Labute approximate surface area is 335 Å². The molecule has 1 aromatic rings. The number of nitrogens with zero attached hydrogens (tertiary/aromatic N) is 4. The minimum Gasteiger partial charge on any atom is -0.481 e. The molecule has 0 aromatic heterocycles. The van der Waals surface area contributed by atoms with Crippen molar-refractivity contribution in [3.8, 4) is 0 Å². The second-order valence-electron chi connectivity index (χ2n) is 14.3. The summed E-state index contributed by atoms with van der Waals surface area (Å²) < 4.78 is 0. The van der Waals surface area contributed by atoms with Crippen LogP contribution in [0.3, 0.4) is 0 Å². The van der Waals surface area contributed by atoms with E-state index in [9.17, 15) is 43.8 Å². The summed E-state index contributed by atoms with van der Waals surface area (Å²) in [6, 6.07) is 2.47. The molecule has 3 heterocycles. The summed E-state index contributed by atoms with van der Waals surface area (Å²) in [6.45, 7) is 0.871. The molecule has 6 atom stereocenters. The maximum absolute atomic E-state index is 13.7. The summed E-state index contributed by atoms with van der Waals surface area (Å²) in [7, 11) is 0. The number of benzene rings is 1. The molecule has 0 unspecified atom stereocenters. The molecular formula is C37H56N10O11. The number of rotatable bonds is 17. The predicted octanol–water partition coefficient (Wildman–Crippen LogP) is -3.16. The largest absolute Gasteiger partial charge is 0.481 e. The highest BCUT2D eigenvalue weighted by Crippen LogP contribution is 2.26. The lowest BCUT2D eigenvalue weighted by Crippen LogP contribution is -2.58. The van der Waals surface area contributed by atoms with Gasteiger partial charge in [0.15, 0.2) is 5.96 Å². The van der Waals surface area contributed by atoms with Gasteiger partial charge in [0.1, 0.15) is 30.2 Å². The van der Waals surface area contributed by atoms with Gasteiger partial charge in [-0.2, -0.15) is 0 Å². The van der Waals surface area contributed by atoms with Crippen LogP contribution in [0.15, 0.2) is 35.3 Å². The molecule has 0 bridgehead atoms. The molecule has 12 N–H and O–H groups in total. The minimum atomic E-state index is -1.45. The van der Waals surface area contributed by atoms with Crippen LogP contribution in [0.2, 0.25) is 0 Å². The fourth-order valence-electron chi connectivity index (χ4n) is 7.17. The summed E-state index contributed by atoms with van der Waals surface area (Å²) in [5.74, 6) is -5.66. The lowest BCUT2D eigenvalue weighted by Gasteiger charge is -2.32. The van der Waals surface area contributed by atoms with Gasteiger partial charge in [-0.15, -0.1) is 0 Å². The van der Waals surface area contributed by atoms with Gasteiger partial charge in [0.2, 0.25) is 35.4 Å². The van der Waals surface area contributed by atoms with E-state index in [0.29, 0.717) is 70.1 Å². The van der Waals surface area contributed by atoms with Gasteiger partial charge in [0, 0.05) is 39.5 Å². The second-order valence-corrected chi connectivity index (χ2v) is 14.3. The third-order valence-corrected chi connectivity index (χ3v) is 9.92. The van der Waals surface area contributed by atoms with Crippen molar-refractivity contribution in [2.24, 2.45) is 22.2 Å². The number of carboxylic acid groups (broad SMARTS) is 2. The number of hydrogen-bond acceptors (Lipinski definition) is 11. The van der Waals surface area contributed by atoms with E-state index in [1.54, 1.807) is 30.3 Å². The molecular weight excluding hydrogens is 760 g/mol. The maximum atomic E-state index is 13.7. The van der Waals surface area contributed by atoms with Gasteiger partial charge in [-0.05, 0) is 56.9 Å². The molecule has 0 radical (unpaired) electrons. The average Bonchev–Trinajstić information content (AvgIpc) is 3.98. The molecule has 0 saturated carbocycles. The summed E-state index contributed by atoms with van der Waals surface area (Å²) in [4.78, 5) is 109. The molecule has 3 aliphatic heterocycles. The number of aliphatic carboxylic acids is 2. The Morgan fingerprint density at radius 2 is 1.38 bits per heavy atom. The first-order valence-electron chi connectivity index (χ1n) is 19.2.